The minimum atomic E-state index is -1.07. The molecule has 0 spiro atoms. The highest BCUT2D eigenvalue weighted by Gasteiger charge is 2.23. The van der Waals surface area contributed by atoms with Gasteiger partial charge in [-0.15, -0.1) is 11.8 Å². The molecule has 104 valence electrons. The van der Waals surface area contributed by atoms with E-state index < -0.39 is 17.9 Å². The Kier molecular flexibility index (Phi) is 5.82. The molecule has 4 nitrogen and oxygen atoms in total. The first-order valence-electron chi connectivity index (χ1n) is 5.81. The number of carboxylic acid groups (broad SMARTS) is 1. The van der Waals surface area contributed by atoms with Crippen LogP contribution in [0.4, 0.5) is 4.39 Å². The van der Waals surface area contributed by atoms with E-state index in [0.717, 1.165) is 11.8 Å². The molecule has 1 amide bonds. The van der Waals surface area contributed by atoms with Gasteiger partial charge >= 0.3 is 5.97 Å². The predicted molar refractivity (Wildman–Crippen MR) is 71.5 cm³/mol. The summed E-state index contributed by atoms with van der Waals surface area (Å²) in [5.41, 5.74) is 0. The molecule has 2 N–H and O–H groups in total. The summed E-state index contributed by atoms with van der Waals surface area (Å²) >= 11 is 1.04. The van der Waals surface area contributed by atoms with Gasteiger partial charge in [0.2, 0.25) is 5.91 Å². The number of carbonyl (C=O) groups is 2. The normalized spacial score (nSPS) is 12.2. The molecule has 0 saturated heterocycles. The average molecular weight is 285 g/mol. The van der Waals surface area contributed by atoms with E-state index in [2.05, 4.69) is 5.32 Å². The van der Waals surface area contributed by atoms with E-state index in [1.165, 1.54) is 6.07 Å². The van der Waals surface area contributed by atoms with Crippen molar-refractivity contribution in [2.45, 2.75) is 24.8 Å². The maximum Gasteiger partial charge on any atom is 0.326 e. The molecule has 1 aromatic carbocycles. The summed E-state index contributed by atoms with van der Waals surface area (Å²) in [7, 11) is 0. The number of nitrogens with one attached hydrogen (secondary N) is 1. The van der Waals surface area contributed by atoms with E-state index in [9.17, 15) is 14.0 Å². The zero-order valence-electron chi connectivity index (χ0n) is 10.7. The Morgan fingerprint density at radius 2 is 2.00 bits per heavy atom. The minimum Gasteiger partial charge on any atom is -0.480 e. The zero-order chi connectivity index (χ0) is 14.4. The number of hydrogen-bond donors (Lipinski definition) is 2. The van der Waals surface area contributed by atoms with Crippen molar-refractivity contribution in [1.82, 2.24) is 5.32 Å². The molecule has 0 aliphatic carbocycles. The highest BCUT2D eigenvalue weighted by molar-refractivity contribution is 8.00. The fourth-order valence-electron chi connectivity index (χ4n) is 1.43. The van der Waals surface area contributed by atoms with Gasteiger partial charge in [-0.25, -0.2) is 9.18 Å². The highest BCUT2D eigenvalue weighted by atomic mass is 32.2. The molecule has 0 saturated carbocycles. The van der Waals surface area contributed by atoms with Gasteiger partial charge in [0.05, 0.1) is 5.75 Å². The van der Waals surface area contributed by atoms with E-state index in [1.807, 2.05) is 0 Å². The molecule has 0 radical (unpaired) electrons. The van der Waals surface area contributed by atoms with Gasteiger partial charge in [0.1, 0.15) is 11.9 Å². The summed E-state index contributed by atoms with van der Waals surface area (Å²) in [6.45, 7) is 3.42. The van der Waals surface area contributed by atoms with E-state index in [1.54, 1.807) is 32.0 Å². The minimum absolute atomic E-state index is 0.0164. The third-order valence-corrected chi connectivity index (χ3v) is 3.49. The van der Waals surface area contributed by atoms with Gasteiger partial charge < -0.3 is 10.4 Å². The number of thioether (sulfide) groups is 1. The van der Waals surface area contributed by atoms with Crippen molar-refractivity contribution < 1.29 is 19.1 Å². The third kappa shape index (κ3) is 4.90. The van der Waals surface area contributed by atoms with E-state index in [4.69, 9.17) is 5.11 Å². The first kappa shape index (κ1) is 15.5. The molecule has 1 aromatic rings. The SMILES string of the molecule is CC(C)[C@H](NC(=O)CSc1ccccc1F)C(=O)O. The quantitative estimate of drug-likeness (QED) is 0.786. The Labute approximate surface area is 115 Å². The number of benzene rings is 1. The van der Waals surface area contributed by atoms with Crippen molar-refractivity contribution in [3.05, 3.63) is 30.1 Å². The highest BCUT2D eigenvalue weighted by Crippen LogP contribution is 2.20. The van der Waals surface area contributed by atoms with Crippen LogP contribution in [-0.4, -0.2) is 28.8 Å². The van der Waals surface area contributed by atoms with Gasteiger partial charge in [-0.1, -0.05) is 26.0 Å². The van der Waals surface area contributed by atoms with Crippen LogP contribution in [0, 0.1) is 11.7 Å². The summed E-state index contributed by atoms with van der Waals surface area (Å²) in [6.07, 6.45) is 0. The van der Waals surface area contributed by atoms with Crippen LogP contribution in [0.5, 0.6) is 0 Å². The second-order valence-corrected chi connectivity index (χ2v) is 5.36. The Balaban J connectivity index is 2.52. The summed E-state index contributed by atoms with van der Waals surface area (Å²) in [6, 6.07) is 5.21. The monoisotopic (exact) mass is 285 g/mol. The molecular weight excluding hydrogens is 269 g/mol. The van der Waals surface area contributed by atoms with Crippen LogP contribution in [0.1, 0.15) is 13.8 Å². The second-order valence-electron chi connectivity index (χ2n) is 4.35. The fraction of sp³-hybridized carbons (Fsp3) is 0.385. The molecule has 0 fully saturated rings. The van der Waals surface area contributed by atoms with Crippen LogP contribution in [0.3, 0.4) is 0 Å². The number of carboxylic acids is 1. The molecule has 0 aromatic heterocycles. The lowest BCUT2D eigenvalue weighted by Crippen LogP contribution is -2.45. The molecule has 0 bridgehead atoms. The summed E-state index contributed by atoms with van der Waals surface area (Å²) in [5.74, 6) is -2.11. The van der Waals surface area contributed by atoms with Gasteiger partial charge in [-0.3, -0.25) is 4.79 Å². The first-order chi connectivity index (χ1) is 8.91. The van der Waals surface area contributed by atoms with E-state index >= 15 is 0 Å². The first-order valence-corrected chi connectivity index (χ1v) is 6.80. The van der Waals surface area contributed by atoms with Gasteiger partial charge in [-0.2, -0.15) is 0 Å². The largest absolute Gasteiger partial charge is 0.480 e. The maximum absolute atomic E-state index is 13.3. The lowest BCUT2D eigenvalue weighted by atomic mass is 10.1. The lowest BCUT2D eigenvalue weighted by molar-refractivity contribution is -0.142. The van der Waals surface area contributed by atoms with Gasteiger partial charge in [-0.05, 0) is 18.1 Å². The van der Waals surface area contributed by atoms with Gasteiger partial charge in [0, 0.05) is 4.90 Å². The fourth-order valence-corrected chi connectivity index (χ4v) is 2.18. The van der Waals surface area contributed by atoms with Crippen molar-refractivity contribution in [1.29, 1.82) is 0 Å². The van der Waals surface area contributed by atoms with Crippen molar-refractivity contribution in [2.75, 3.05) is 5.75 Å². The van der Waals surface area contributed by atoms with Crippen molar-refractivity contribution in [2.24, 2.45) is 5.92 Å². The zero-order valence-corrected chi connectivity index (χ0v) is 11.5. The van der Waals surface area contributed by atoms with E-state index in [-0.39, 0.29) is 17.5 Å². The maximum atomic E-state index is 13.3. The number of aliphatic carboxylic acids is 1. The molecule has 1 atom stereocenters. The number of halogens is 1. The summed E-state index contributed by atoms with van der Waals surface area (Å²) in [5, 5.41) is 11.4. The van der Waals surface area contributed by atoms with Crippen molar-refractivity contribution >= 4 is 23.6 Å². The van der Waals surface area contributed by atoms with Crippen molar-refractivity contribution in [3.8, 4) is 0 Å². The summed E-state index contributed by atoms with van der Waals surface area (Å²) < 4.78 is 13.3. The summed E-state index contributed by atoms with van der Waals surface area (Å²) in [4.78, 5) is 22.9. The smallest absolute Gasteiger partial charge is 0.326 e. The van der Waals surface area contributed by atoms with Crippen LogP contribution >= 0.6 is 11.8 Å². The molecule has 19 heavy (non-hydrogen) atoms. The Morgan fingerprint density at radius 1 is 1.37 bits per heavy atom. The van der Waals surface area contributed by atoms with Gasteiger partial charge in [0.25, 0.3) is 0 Å². The Morgan fingerprint density at radius 3 is 2.53 bits per heavy atom. The number of amides is 1. The molecule has 0 aliphatic rings. The lowest BCUT2D eigenvalue weighted by Gasteiger charge is -2.17. The van der Waals surface area contributed by atoms with Crippen LogP contribution < -0.4 is 5.32 Å². The third-order valence-electron chi connectivity index (χ3n) is 2.44. The standard InChI is InChI=1S/C13H16FNO3S/c1-8(2)12(13(17)18)15-11(16)7-19-10-6-4-3-5-9(10)14/h3-6,8,12H,7H2,1-2H3,(H,15,16)(H,17,18)/t12-/m0/s1. The Bertz CT molecular complexity index is 465. The van der Waals surface area contributed by atoms with Gasteiger partial charge in [0.15, 0.2) is 0 Å². The van der Waals surface area contributed by atoms with E-state index in [0.29, 0.717) is 4.90 Å². The topological polar surface area (TPSA) is 66.4 Å². The Hall–Kier alpha value is -1.56. The second kappa shape index (κ2) is 7.13. The number of carbonyl (C=O) groups excluding carboxylic acids is 1. The van der Waals surface area contributed by atoms with Crippen LogP contribution in [0.25, 0.3) is 0 Å². The molecular formula is C13H16FNO3S. The molecule has 1 rings (SSSR count). The average Bonchev–Trinajstić information content (AvgIpc) is 2.34. The molecule has 0 heterocycles. The van der Waals surface area contributed by atoms with Crippen LogP contribution in [0.15, 0.2) is 29.2 Å². The van der Waals surface area contributed by atoms with Crippen molar-refractivity contribution in [3.63, 3.8) is 0 Å². The molecule has 6 heteroatoms. The number of rotatable bonds is 6. The number of hydrogen-bond acceptors (Lipinski definition) is 3. The molecule has 0 unspecified atom stereocenters. The predicted octanol–water partition coefficient (Wildman–Crippen LogP) is 2.14. The molecule has 0 aliphatic heterocycles. The van der Waals surface area contributed by atoms with Crippen LogP contribution in [0.2, 0.25) is 0 Å². The van der Waals surface area contributed by atoms with Crippen LogP contribution in [-0.2, 0) is 9.59 Å².